The first-order valence-electron chi connectivity index (χ1n) is 8.83. The molecule has 0 aliphatic carbocycles. The van der Waals surface area contributed by atoms with Crippen LogP contribution in [-0.2, 0) is 11.3 Å². The van der Waals surface area contributed by atoms with Crippen molar-refractivity contribution in [3.63, 3.8) is 0 Å². The van der Waals surface area contributed by atoms with Crippen molar-refractivity contribution >= 4 is 23.3 Å². The maximum Gasteiger partial charge on any atom is 0.362 e. The molecular formula is C20H16ClN3O6. The minimum absolute atomic E-state index is 0.0401. The Morgan fingerprint density at radius 3 is 2.53 bits per heavy atom. The van der Waals surface area contributed by atoms with Crippen molar-refractivity contribution in [1.29, 1.82) is 0 Å². The van der Waals surface area contributed by atoms with Crippen LogP contribution in [0.1, 0.15) is 23.0 Å². The van der Waals surface area contributed by atoms with E-state index in [1.807, 2.05) is 0 Å². The summed E-state index contributed by atoms with van der Waals surface area (Å²) >= 11 is 6.14. The van der Waals surface area contributed by atoms with Crippen LogP contribution in [0.15, 0.2) is 59.4 Å². The molecule has 0 amide bonds. The lowest BCUT2D eigenvalue weighted by Gasteiger charge is -2.13. The quantitative estimate of drug-likeness (QED) is 0.320. The van der Waals surface area contributed by atoms with E-state index < -0.39 is 16.5 Å². The summed E-state index contributed by atoms with van der Waals surface area (Å²) in [4.78, 5) is 35.2. The largest absolute Gasteiger partial charge is 0.486 e. The van der Waals surface area contributed by atoms with Gasteiger partial charge < -0.3 is 9.47 Å². The van der Waals surface area contributed by atoms with Crippen LogP contribution in [0.2, 0.25) is 5.02 Å². The van der Waals surface area contributed by atoms with Gasteiger partial charge >= 0.3 is 5.97 Å². The van der Waals surface area contributed by atoms with Crippen molar-refractivity contribution in [3.05, 3.63) is 91.3 Å². The topological polar surface area (TPSA) is 114 Å². The molecule has 0 saturated carbocycles. The lowest BCUT2D eigenvalue weighted by molar-refractivity contribution is -0.384. The Kier molecular flexibility index (Phi) is 6.43. The predicted octanol–water partition coefficient (Wildman–Crippen LogP) is 3.55. The number of nitro benzene ring substituents is 1. The first-order valence-corrected chi connectivity index (χ1v) is 9.21. The van der Waals surface area contributed by atoms with Gasteiger partial charge in [0.25, 0.3) is 11.2 Å². The number of non-ortho nitro benzene ring substituents is 1. The number of ether oxygens (including phenoxy) is 2. The number of para-hydroxylation sites is 1. The molecule has 3 aromatic rings. The van der Waals surface area contributed by atoms with Gasteiger partial charge in [0.05, 0.1) is 28.3 Å². The zero-order valence-corrected chi connectivity index (χ0v) is 16.5. The molecule has 0 aliphatic heterocycles. The monoisotopic (exact) mass is 429 g/mol. The van der Waals surface area contributed by atoms with Gasteiger partial charge in [0.2, 0.25) is 5.69 Å². The Bertz CT molecular complexity index is 1140. The van der Waals surface area contributed by atoms with E-state index in [-0.39, 0.29) is 35.4 Å². The zero-order valence-electron chi connectivity index (χ0n) is 15.8. The Morgan fingerprint density at radius 1 is 1.20 bits per heavy atom. The fourth-order valence-electron chi connectivity index (χ4n) is 2.56. The lowest BCUT2D eigenvalue weighted by Crippen LogP contribution is -2.25. The molecule has 0 bridgehead atoms. The molecular weight excluding hydrogens is 414 g/mol. The molecule has 154 valence electrons. The Hall–Kier alpha value is -3.72. The van der Waals surface area contributed by atoms with Gasteiger partial charge in [-0.3, -0.25) is 14.9 Å². The standard InChI is InChI=1S/C20H16ClN3O6/c1-2-29-20(26)19-17(30-12-13-7-9-14(10-8-13)24(27)28)11-18(25)23(22-19)16-6-4-3-5-15(16)21/h3-11H,2,12H2,1H3. The van der Waals surface area contributed by atoms with Crippen LogP contribution in [0.4, 0.5) is 5.69 Å². The number of nitro groups is 1. The Labute approximate surface area is 175 Å². The second kappa shape index (κ2) is 9.19. The lowest BCUT2D eigenvalue weighted by atomic mass is 10.2. The molecule has 30 heavy (non-hydrogen) atoms. The summed E-state index contributed by atoms with van der Waals surface area (Å²) in [6.45, 7) is 1.70. The van der Waals surface area contributed by atoms with E-state index in [1.165, 1.54) is 24.3 Å². The molecule has 0 N–H and O–H groups in total. The number of hydrogen-bond acceptors (Lipinski definition) is 7. The minimum Gasteiger partial charge on any atom is -0.486 e. The van der Waals surface area contributed by atoms with Crippen molar-refractivity contribution in [2.24, 2.45) is 0 Å². The van der Waals surface area contributed by atoms with Crippen molar-refractivity contribution in [3.8, 4) is 11.4 Å². The smallest absolute Gasteiger partial charge is 0.362 e. The van der Waals surface area contributed by atoms with E-state index in [2.05, 4.69) is 5.10 Å². The molecule has 3 rings (SSSR count). The number of nitrogens with zero attached hydrogens (tertiary/aromatic N) is 3. The minimum atomic E-state index is -0.767. The van der Waals surface area contributed by atoms with Gasteiger partial charge in [-0.25, -0.2) is 4.79 Å². The molecule has 9 nitrogen and oxygen atoms in total. The fourth-order valence-corrected chi connectivity index (χ4v) is 2.78. The molecule has 1 aromatic heterocycles. The Balaban J connectivity index is 1.95. The first kappa shape index (κ1) is 21.0. The summed E-state index contributed by atoms with van der Waals surface area (Å²) in [5.41, 5.74) is 0.0884. The maximum absolute atomic E-state index is 12.6. The number of carbonyl (C=O) groups excluding carboxylic acids is 1. The predicted molar refractivity (Wildman–Crippen MR) is 108 cm³/mol. The van der Waals surface area contributed by atoms with E-state index in [9.17, 15) is 19.7 Å². The van der Waals surface area contributed by atoms with Crippen LogP contribution in [0, 0.1) is 10.1 Å². The van der Waals surface area contributed by atoms with E-state index in [4.69, 9.17) is 21.1 Å². The Morgan fingerprint density at radius 2 is 1.90 bits per heavy atom. The van der Waals surface area contributed by atoms with Crippen LogP contribution >= 0.6 is 11.6 Å². The molecule has 0 unspecified atom stereocenters. The highest BCUT2D eigenvalue weighted by Gasteiger charge is 2.20. The molecule has 0 fully saturated rings. The van der Waals surface area contributed by atoms with Crippen LogP contribution in [0.5, 0.6) is 5.75 Å². The van der Waals surface area contributed by atoms with Crippen molar-refractivity contribution in [2.75, 3.05) is 6.61 Å². The molecule has 0 aliphatic rings. The zero-order chi connectivity index (χ0) is 21.7. The van der Waals surface area contributed by atoms with Crippen molar-refractivity contribution < 1.29 is 19.2 Å². The van der Waals surface area contributed by atoms with Gasteiger partial charge in [0.1, 0.15) is 6.61 Å². The average Bonchev–Trinajstić information content (AvgIpc) is 2.73. The summed E-state index contributed by atoms with van der Waals surface area (Å²) in [7, 11) is 0. The van der Waals surface area contributed by atoms with Gasteiger partial charge in [0, 0.05) is 12.1 Å². The van der Waals surface area contributed by atoms with Gasteiger partial charge in [0.15, 0.2) is 5.75 Å². The number of aromatic nitrogens is 2. The van der Waals surface area contributed by atoms with Crippen LogP contribution in [-0.4, -0.2) is 27.3 Å². The molecule has 0 radical (unpaired) electrons. The van der Waals surface area contributed by atoms with Gasteiger partial charge in [-0.2, -0.15) is 9.78 Å². The average molecular weight is 430 g/mol. The number of rotatable bonds is 7. The van der Waals surface area contributed by atoms with Crippen LogP contribution in [0.3, 0.4) is 0 Å². The van der Waals surface area contributed by atoms with E-state index in [1.54, 1.807) is 31.2 Å². The summed E-state index contributed by atoms with van der Waals surface area (Å²) in [6.07, 6.45) is 0. The van der Waals surface area contributed by atoms with Gasteiger partial charge in [-0.05, 0) is 36.8 Å². The van der Waals surface area contributed by atoms with Gasteiger partial charge in [-0.15, -0.1) is 0 Å². The summed E-state index contributed by atoms with van der Waals surface area (Å²) in [5.74, 6) is -0.836. The fraction of sp³-hybridized carbons (Fsp3) is 0.150. The summed E-state index contributed by atoms with van der Waals surface area (Å²) in [5, 5.41) is 15.1. The normalized spacial score (nSPS) is 10.5. The van der Waals surface area contributed by atoms with Crippen molar-refractivity contribution in [2.45, 2.75) is 13.5 Å². The first-order chi connectivity index (χ1) is 14.4. The third kappa shape index (κ3) is 4.64. The number of hydrogen-bond donors (Lipinski definition) is 0. The molecule has 0 atom stereocenters. The van der Waals surface area contributed by atoms with E-state index in [0.717, 1.165) is 10.7 Å². The van der Waals surface area contributed by atoms with Crippen LogP contribution < -0.4 is 10.3 Å². The van der Waals surface area contributed by atoms with E-state index in [0.29, 0.717) is 11.3 Å². The second-order valence-electron chi connectivity index (χ2n) is 5.99. The highest BCUT2D eigenvalue weighted by Crippen LogP contribution is 2.22. The summed E-state index contributed by atoms with van der Waals surface area (Å²) < 4.78 is 11.6. The molecule has 0 spiro atoms. The SMILES string of the molecule is CCOC(=O)c1nn(-c2ccccc2Cl)c(=O)cc1OCc1ccc([N+](=O)[O-])cc1. The number of esters is 1. The number of carbonyl (C=O) groups is 1. The van der Waals surface area contributed by atoms with Crippen LogP contribution in [0.25, 0.3) is 5.69 Å². The molecule has 10 heteroatoms. The highest BCUT2D eigenvalue weighted by molar-refractivity contribution is 6.32. The number of halogens is 1. The van der Waals surface area contributed by atoms with Crippen molar-refractivity contribution in [1.82, 2.24) is 9.78 Å². The number of benzene rings is 2. The third-order valence-corrected chi connectivity index (χ3v) is 4.31. The molecule has 2 aromatic carbocycles. The molecule has 1 heterocycles. The highest BCUT2D eigenvalue weighted by atomic mass is 35.5. The van der Waals surface area contributed by atoms with E-state index >= 15 is 0 Å². The third-order valence-electron chi connectivity index (χ3n) is 3.99. The second-order valence-corrected chi connectivity index (χ2v) is 6.40. The maximum atomic E-state index is 12.6. The summed E-state index contributed by atoms with van der Waals surface area (Å²) in [6, 6.07) is 13.4. The molecule has 0 saturated heterocycles. The van der Waals surface area contributed by atoms with Gasteiger partial charge in [-0.1, -0.05) is 23.7 Å².